The van der Waals surface area contributed by atoms with Gasteiger partial charge in [-0.05, 0) is 35.4 Å². The Kier molecular flexibility index (Phi) is 3.95. The molecule has 0 unspecified atom stereocenters. The molecule has 0 amide bonds. The average molecular weight is 288 g/mol. The highest BCUT2D eigenvalue weighted by atomic mass is 32.2. The standard InChI is InChI=1S/C14H10O5S/c15-13(16)9-1-5-11(6-2-9)20(19)12-7-3-10(4-8-12)14(17)18/h1-8H,(H,15,16)(H,17,18)/p-2. The van der Waals surface area contributed by atoms with Gasteiger partial charge < -0.3 is 19.8 Å². The quantitative estimate of drug-likeness (QED) is 0.761. The molecular formula is C14H8O5S-2. The van der Waals surface area contributed by atoms with Crippen LogP contribution in [-0.2, 0) is 10.8 Å². The molecule has 0 radical (unpaired) electrons. The van der Waals surface area contributed by atoms with E-state index in [2.05, 4.69) is 0 Å². The van der Waals surface area contributed by atoms with E-state index in [1.807, 2.05) is 0 Å². The predicted molar refractivity (Wildman–Crippen MR) is 66.2 cm³/mol. The summed E-state index contributed by atoms with van der Waals surface area (Å²) in [6.07, 6.45) is 0. The fourth-order valence-corrected chi connectivity index (χ4v) is 2.60. The summed E-state index contributed by atoms with van der Waals surface area (Å²) in [4.78, 5) is 22.0. The van der Waals surface area contributed by atoms with Crippen LogP contribution in [0.2, 0.25) is 0 Å². The lowest BCUT2D eigenvalue weighted by atomic mass is 10.2. The molecule has 0 spiro atoms. The molecule has 2 rings (SSSR count). The van der Waals surface area contributed by atoms with Gasteiger partial charge in [0.2, 0.25) is 0 Å². The zero-order valence-corrected chi connectivity index (χ0v) is 10.9. The van der Waals surface area contributed by atoms with Crippen LogP contribution in [0.25, 0.3) is 0 Å². The summed E-state index contributed by atoms with van der Waals surface area (Å²) in [6.45, 7) is 0. The summed E-state index contributed by atoms with van der Waals surface area (Å²) >= 11 is 0. The van der Waals surface area contributed by atoms with Gasteiger partial charge in [0.25, 0.3) is 0 Å². The summed E-state index contributed by atoms with van der Waals surface area (Å²) in [5.74, 6) is -2.61. The minimum Gasteiger partial charge on any atom is -0.545 e. The van der Waals surface area contributed by atoms with Crippen LogP contribution in [0.15, 0.2) is 58.3 Å². The van der Waals surface area contributed by atoms with Crippen molar-refractivity contribution < 1.29 is 24.0 Å². The van der Waals surface area contributed by atoms with Crippen LogP contribution in [0.4, 0.5) is 0 Å². The lowest BCUT2D eigenvalue weighted by Crippen LogP contribution is -2.22. The molecule has 0 N–H and O–H groups in total. The molecule has 2 aromatic carbocycles. The second-order valence-corrected chi connectivity index (χ2v) is 5.37. The maximum absolute atomic E-state index is 12.2. The molecule has 102 valence electrons. The third-order valence-electron chi connectivity index (χ3n) is 2.61. The van der Waals surface area contributed by atoms with Gasteiger partial charge in [0.05, 0.1) is 22.7 Å². The van der Waals surface area contributed by atoms with Crippen molar-refractivity contribution in [2.45, 2.75) is 9.79 Å². The Morgan fingerprint density at radius 3 is 1.25 bits per heavy atom. The van der Waals surface area contributed by atoms with E-state index in [9.17, 15) is 24.0 Å². The van der Waals surface area contributed by atoms with Crippen LogP contribution in [0.3, 0.4) is 0 Å². The molecule has 0 aromatic heterocycles. The normalized spacial score (nSPS) is 10.4. The van der Waals surface area contributed by atoms with E-state index < -0.39 is 22.7 Å². The van der Waals surface area contributed by atoms with Gasteiger partial charge in [-0.2, -0.15) is 0 Å². The van der Waals surface area contributed by atoms with Crippen LogP contribution in [0, 0.1) is 0 Å². The van der Waals surface area contributed by atoms with E-state index in [0.717, 1.165) is 0 Å². The Bertz CT molecular complexity index is 614. The van der Waals surface area contributed by atoms with Gasteiger partial charge in [0.1, 0.15) is 0 Å². The van der Waals surface area contributed by atoms with Crippen LogP contribution >= 0.6 is 0 Å². The largest absolute Gasteiger partial charge is 0.545 e. The lowest BCUT2D eigenvalue weighted by molar-refractivity contribution is -0.256. The highest BCUT2D eigenvalue weighted by Crippen LogP contribution is 2.17. The van der Waals surface area contributed by atoms with E-state index in [-0.39, 0.29) is 11.1 Å². The number of hydrogen-bond donors (Lipinski definition) is 0. The Morgan fingerprint density at radius 2 is 1.00 bits per heavy atom. The number of aromatic carboxylic acids is 2. The van der Waals surface area contributed by atoms with Gasteiger partial charge in [-0.15, -0.1) is 0 Å². The smallest absolute Gasteiger partial charge is 0.0849 e. The first-order chi connectivity index (χ1) is 9.49. The van der Waals surface area contributed by atoms with Gasteiger partial charge in [-0.3, -0.25) is 0 Å². The minimum absolute atomic E-state index is 0.00181. The molecule has 0 heterocycles. The highest BCUT2D eigenvalue weighted by Gasteiger charge is 2.07. The van der Waals surface area contributed by atoms with E-state index in [1.54, 1.807) is 0 Å². The monoisotopic (exact) mass is 288 g/mol. The molecule has 0 aliphatic rings. The van der Waals surface area contributed by atoms with Crippen LogP contribution in [0.5, 0.6) is 0 Å². The molecule has 0 fully saturated rings. The SMILES string of the molecule is O=C([O-])c1ccc(S(=O)c2ccc(C(=O)[O-])cc2)cc1. The molecule has 2 aromatic rings. The molecule has 0 bridgehead atoms. The van der Waals surface area contributed by atoms with Crippen LogP contribution < -0.4 is 10.2 Å². The summed E-state index contributed by atoms with van der Waals surface area (Å²) in [5.41, 5.74) is -0.00361. The number of carboxylic acids is 2. The summed E-state index contributed by atoms with van der Waals surface area (Å²) in [6, 6.07) is 10.9. The minimum atomic E-state index is -1.52. The van der Waals surface area contributed by atoms with Crippen LogP contribution in [-0.4, -0.2) is 16.1 Å². The van der Waals surface area contributed by atoms with Gasteiger partial charge in [-0.1, -0.05) is 24.3 Å². The van der Waals surface area contributed by atoms with Crippen molar-refractivity contribution in [3.8, 4) is 0 Å². The maximum Gasteiger partial charge on any atom is 0.0849 e. The first-order valence-corrected chi connectivity index (χ1v) is 6.68. The Balaban J connectivity index is 2.26. The van der Waals surface area contributed by atoms with Crippen molar-refractivity contribution in [1.82, 2.24) is 0 Å². The highest BCUT2D eigenvalue weighted by molar-refractivity contribution is 7.85. The lowest BCUT2D eigenvalue weighted by Gasteiger charge is -2.06. The first-order valence-electron chi connectivity index (χ1n) is 5.53. The Labute approximate surface area is 117 Å². The fraction of sp³-hybridized carbons (Fsp3) is 0. The van der Waals surface area contributed by atoms with Crippen molar-refractivity contribution in [3.63, 3.8) is 0 Å². The number of carbonyl (C=O) groups excluding carboxylic acids is 2. The average Bonchev–Trinajstić information content (AvgIpc) is 2.46. The van der Waals surface area contributed by atoms with Crippen molar-refractivity contribution in [2.75, 3.05) is 0 Å². The zero-order chi connectivity index (χ0) is 14.7. The summed E-state index contributed by atoms with van der Waals surface area (Å²) < 4.78 is 12.2. The topological polar surface area (TPSA) is 97.3 Å². The maximum atomic E-state index is 12.2. The molecule has 5 nitrogen and oxygen atoms in total. The Morgan fingerprint density at radius 1 is 0.700 bits per heavy atom. The van der Waals surface area contributed by atoms with Crippen LogP contribution in [0.1, 0.15) is 20.7 Å². The van der Waals surface area contributed by atoms with Crippen molar-refractivity contribution in [2.24, 2.45) is 0 Å². The number of hydrogen-bond acceptors (Lipinski definition) is 5. The van der Waals surface area contributed by atoms with Crippen molar-refractivity contribution >= 4 is 22.7 Å². The molecule has 6 heteroatoms. The summed E-state index contributed by atoms with van der Waals surface area (Å²) in [7, 11) is -1.52. The van der Waals surface area contributed by atoms with E-state index in [4.69, 9.17) is 0 Å². The molecular weight excluding hydrogens is 280 g/mol. The second-order valence-electron chi connectivity index (χ2n) is 3.89. The van der Waals surface area contributed by atoms with Gasteiger partial charge >= 0.3 is 0 Å². The third-order valence-corrected chi connectivity index (χ3v) is 4.01. The van der Waals surface area contributed by atoms with Crippen molar-refractivity contribution in [1.29, 1.82) is 0 Å². The number of benzene rings is 2. The summed E-state index contributed by atoms with van der Waals surface area (Å²) in [5, 5.41) is 21.2. The fourth-order valence-electron chi connectivity index (χ4n) is 1.57. The Hall–Kier alpha value is -2.47. The first kappa shape index (κ1) is 14.0. The zero-order valence-electron chi connectivity index (χ0n) is 10.1. The number of carboxylic acid groups (broad SMARTS) is 2. The van der Waals surface area contributed by atoms with E-state index in [0.29, 0.717) is 9.79 Å². The van der Waals surface area contributed by atoms with Crippen molar-refractivity contribution in [3.05, 3.63) is 59.7 Å². The van der Waals surface area contributed by atoms with Gasteiger partial charge in [0, 0.05) is 9.79 Å². The van der Waals surface area contributed by atoms with E-state index >= 15 is 0 Å². The number of rotatable bonds is 4. The molecule has 0 aliphatic carbocycles. The number of carbonyl (C=O) groups is 2. The molecule has 0 saturated carbocycles. The van der Waals surface area contributed by atoms with Gasteiger partial charge in [0.15, 0.2) is 0 Å². The second kappa shape index (κ2) is 5.66. The molecule has 0 aliphatic heterocycles. The van der Waals surface area contributed by atoms with Gasteiger partial charge in [-0.25, -0.2) is 4.21 Å². The molecule has 0 saturated heterocycles. The third kappa shape index (κ3) is 2.92. The predicted octanol–water partition coefficient (Wildman–Crippen LogP) is -0.420. The molecule has 20 heavy (non-hydrogen) atoms. The molecule has 0 atom stereocenters. The van der Waals surface area contributed by atoms with E-state index in [1.165, 1.54) is 48.5 Å².